The molecule has 15 heavy (non-hydrogen) atoms. The Hall–Kier alpha value is -1.29. The fraction of sp³-hybridized carbons (Fsp3) is 0.273. The van der Waals surface area contributed by atoms with Crippen LogP contribution in [0.2, 0.25) is 0 Å². The summed E-state index contributed by atoms with van der Waals surface area (Å²) in [5, 5.41) is 1.07. The van der Waals surface area contributed by atoms with Crippen LogP contribution in [-0.2, 0) is 12.3 Å². The van der Waals surface area contributed by atoms with Gasteiger partial charge >= 0.3 is 0 Å². The molecule has 0 aliphatic carbocycles. The van der Waals surface area contributed by atoms with Gasteiger partial charge in [0.25, 0.3) is 0 Å². The molecule has 78 valence electrons. The fourth-order valence-electron chi connectivity index (χ4n) is 1.31. The average Bonchev–Trinajstić information content (AvgIpc) is 2.75. The summed E-state index contributed by atoms with van der Waals surface area (Å²) in [6.45, 7) is 3.09. The van der Waals surface area contributed by atoms with Crippen LogP contribution in [0.25, 0.3) is 0 Å². The number of imidazole rings is 1. The number of rotatable bonds is 4. The molecular formula is C11H13N3S. The van der Waals surface area contributed by atoms with Crippen LogP contribution >= 0.6 is 11.8 Å². The number of nitrogens with zero attached hydrogens (tertiary/aromatic N) is 3. The third-order valence-corrected chi connectivity index (χ3v) is 3.18. The molecule has 0 N–H and O–H groups in total. The van der Waals surface area contributed by atoms with Gasteiger partial charge in [-0.15, -0.1) is 0 Å². The summed E-state index contributed by atoms with van der Waals surface area (Å²) in [5.41, 5.74) is 1.23. The van der Waals surface area contributed by atoms with Gasteiger partial charge in [-0.05, 0) is 18.6 Å². The molecule has 2 rings (SSSR count). The molecule has 2 aromatic rings. The molecule has 0 bridgehead atoms. The van der Waals surface area contributed by atoms with Crippen molar-refractivity contribution in [2.75, 3.05) is 0 Å². The maximum Gasteiger partial charge on any atom is 0.168 e. The van der Waals surface area contributed by atoms with Gasteiger partial charge in [-0.1, -0.05) is 17.8 Å². The molecule has 0 saturated heterocycles. The first-order valence-electron chi connectivity index (χ1n) is 4.93. The van der Waals surface area contributed by atoms with Crippen LogP contribution in [-0.4, -0.2) is 14.5 Å². The number of hydrogen-bond acceptors (Lipinski definition) is 3. The Morgan fingerprint density at radius 3 is 3.07 bits per heavy atom. The molecule has 0 aliphatic heterocycles. The van der Waals surface area contributed by atoms with Crippen molar-refractivity contribution in [3.8, 4) is 0 Å². The summed E-state index contributed by atoms with van der Waals surface area (Å²) < 4.78 is 2.14. The lowest BCUT2D eigenvalue weighted by Crippen LogP contribution is -1.94. The largest absolute Gasteiger partial charge is 0.326 e. The van der Waals surface area contributed by atoms with Crippen LogP contribution in [0.4, 0.5) is 0 Å². The summed E-state index contributed by atoms with van der Waals surface area (Å²) in [7, 11) is 0. The minimum absolute atomic E-state index is 0.921. The third kappa shape index (κ3) is 2.59. The zero-order valence-electron chi connectivity index (χ0n) is 8.63. The van der Waals surface area contributed by atoms with E-state index in [1.54, 1.807) is 18.0 Å². The Bertz CT molecular complexity index is 411. The van der Waals surface area contributed by atoms with Crippen molar-refractivity contribution < 1.29 is 0 Å². The highest BCUT2D eigenvalue weighted by Gasteiger charge is 2.01. The number of pyridine rings is 1. The number of thioether (sulfide) groups is 1. The van der Waals surface area contributed by atoms with E-state index in [9.17, 15) is 0 Å². The van der Waals surface area contributed by atoms with E-state index in [1.165, 1.54) is 5.56 Å². The van der Waals surface area contributed by atoms with Gasteiger partial charge in [-0.3, -0.25) is 4.98 Å². The van der Waals surface area contributed by atoms with E-state index in [-0.39, 0.29) is 0 Å². The molecule has 0 atom stereocenters. The molecule has 0 unspecified atom stereocenters. The molecule has 3 nitrogen and oxygen atoms in total. The predicted molar refractivity (Wildman–Crippen MR) is 61.7 cm³/mol. The van der Waals surface area contributed by atoms with Crippen LogP contribution in [0.5, 0.6) is 0 Å². The lowest BCUT2D eigenvalue weighted by Gasteiger charge is -2.03. The van der Waals surface area contributed by atoms with E-state index in [0.717, 1.165) is 17.5 Å². The molecule has 0 fully saturated rings. The van der Waals surface area contributed by atoms with Crippen molar-refractivity contribution in [1.29, 1.82) is 0 Å². The minimum Gasteiger partial charge on any atom is -0.326 e. The van der Waals surface area contributed by atoms with Crippen LogP contribution in [0.1, 0.15) is 12.5 Å². The molecule has 2 aromatic heterocycles. The van der Waals surface area contributed by atoms with Crippen molar-refractivity contribution in [3.63, 3.8) is 0 Å². The second-order valence-electron chi connectivity index (χ2n) is 3.15. The zero-order chi connectivity index (χ0) is 10.5. The average molecular weight is 219 g/mol. The number of hydrogen-bond donors (Lipinski definition) is 0. The van der Waals surface area contributed by atoms with Crippen LogP contribution < -0.4 is 0 Å². The molecule has 0 aromatic carbocycles. The summed E-state index contributed by atoms with van der Waals surface area (Å²) in [5.74, 6) is 0.921. The van der Waals surface area contributed by atoms with Crippen molar-refractivity contribution in [2.45, 2.75) is 24.4 Å². The number of aromatic nitrogens is 3. The van der Waals surface area contributed by atoms with Crippen molar-refractivity contribution in [1.82, 2.24) is 14.5 Å². The lowest BCUT2D eigenvalue weighted by atomic mass is 10.3. The summed E-state index contributed by atoms with van der Waals surface area (Å²) in [6, 6.07) is 4.04. The Morgan fingerprint density at radius 1 is 1.40 bits per heavy atom. The van der Waals surface area contributed by atoms with Gasteiger partial charge < -0.3 is 4.57 Å². The molecule has 0 amide bonds. The Balaban J connectivity index is 1.99. The van der Waals surface area contributed by atoms with Gasteiger partial charge in [0.15, 0.2) is 5.16 Å². The van der Waals surface area contributed by atoms with Crippen molar-refractivity contribution >= 4 is 11.8 Å². The predicted octanol–water partition coefficient (Wildman–Crippen LogP) is 2.59. The van der Waals surface area contributed by atoms with E-state index < -0.39 is 0 Å². The van der Waals surface area contributed by atoms with Gasteiger partial charge in [-0.25, -0.2) is 4.98 Å². The molecule has 4 heteroatoms. The highest BCUT2D eigenvalue weighted by atomic mass is 32.2. The molecule has 0 spiro atoms. The zero-order valence-corrected chi connectivity index (χ0v) is 9.44. The van der Waals surface area contributed by atoms with Crippen molar-refractivity contribution in [3.05, 3.63) is 42.5 Å². The molecular weight excluding hydrogens is 206 g/mol. The molecule has 2 heterocycles. The maximum absolute atomic E-state index is 4.31. The molecule has 0 radical (unpaired) electrons. The maximum atomic E-state index is 4.31. The van der Waals surface area contributed by atoms with Gasteiger partial charge in [-0.2, -0.15) is 0 Å². The van der Waals surface area contributed by atoms with E-state index in [1.807, 2.05) is 24.7 Å². The Kier molecular flexibility index (Phi) is 3.40. The second kappa shape index (κ2) is 4.98. The molecule has 0 aliphatic rings. The van der Waals surface area contributed by atoms with Gasteiger partial charge in [0.1, 0.15) is 0 Å². The lowest BCUT2D eigenvalue weighted by molar-refractivity contribution is 0.681. The number of aryl methyl sites for hydroxylation is 1. The van der Waals surface area contributed by atoms with E-state index in [2.05, 4.69) is 27.5 Å². The van der Waals surface area contributed by atoms with Gasteiger partial charge in [0.2, 0.25) is 0 Å². The van der Waals surface area contributed by atoms with Crippen molar-refractivity contribution in [2.24, 2.45) is 0 Å². The van der Waals surface area contributed by atoms with E-state index >= 15 is 0 Å². The minimum atomic E-state index is 0.921. The summed E-state index contributed by atoms with van der Waals surface area (Å²) >= 11 is 1.74. The Labute approximate surface area is 93.6 Å². The van der Waals surface area contributed by atoms with Gasteiger partial charge in [0, 0.05) is 37.1 Å². The summed E-state index contributed by atoms with van der Waals surface area (Å²) in [6.07, 6.45) is 7.54. The highest BCUT2D eigenvalue weighted by molar-refractivity contribution is 7.98. The highest BCUT2D eigenvalue weighted by Crippen LogP contribution is 2.20. The summed E-state index contributed by atoms with van der Waals surface area (Å²) in [4.78, 5) is 8.39. The van der Waals surface area contributed by atoms with Crippen LogP contribution in [0.3, 0.4) is 0 Å². The first-order chi connectivity index (χ1) is 7.40. The quantitative estimate of drug-likeness (QED) is 0.740. The first-order valence-corrected chi connectivity index (χ1v) is 5.91. The topological polar surface area (TPSA) is 30.7 Å². The van der Waals surface area contributed by atoms with E-state index in [4.69, 9.17) is 0 Å². The van der Waals surface area contributed by atoms with Crippen LogP contribution in [0.15, 0.2) is 42.1 Å². The fourth-order valence-corrected chi connectivity index (χ4v) is 2.27. The monoisotopic (exact) mass is 219 g/mol. The molecule has 0 saturated carbocycles. The SMILES string of the molecule is CCn1ccnc1SCc1cccnc1. The van der Waals surface area contributed by atoms with E-state index in [0.29, 0.717) is 0 Å². The van der Waals surface area contributed by atoms with Crippen LogP contribution in [0, 0.1) is 0 Å². The first kappa shape index (κ1) is 10.2. The second-order valence-corrected chi connectivity index (χ2v) is 4.09. The third-order valence-electron chi connectivity index (χ3n) is 2.11. The Morgan fingerprint density at radius 2 is 2.33 bits per heavy atom. The standard InChI is InChI=1S/C11H13N3S/c1-2-14-7-6-13-11(14)15-9-10-4-3-5-12-8-10/h3-8H,2,9H2,1H3. The van der Waals surface area contributed by atoms with Gasteiger partial charge in [0.05, 0.1) is 0 Å². The smallest absolute Gasteiger partial charge is 0.168 e. The normalized spacial score (nSPS) is 10.5.